The molecular formula is C11H15N5O. The summed E-state index contributed by atoms with van der Waals surface area (Å²) in [6.45, 7) is 5.79. The lowest BCUT2D eigenvalue weighted by molar-refractivity contribution is 0.392. The van der Waals surface area contributed by atoms with Crippen LogP contribution in [0.3, 0.4) is 0 Å². The Morgan fingerprint density at radius 3 is 2.76 bits per heavy atom. The van der Waals surface area contributed by atoms with Crippen LogP contribution in [0.1, 0.15) is 30.0 Å². The highest BCUT2D eigenvalue weighted by atomic mass is 16.5. The maximum Gasteiger partial charge on any atom is 0.225 e. The van der Waals surface area contributed by atoms with E-state index >= 15 is 0 Å². The minimum absolute atomic E-state index is 0.0167. The number of aromatic nitrogens is 3. The van der Waals surface area contributed by atoms with Gasteiger partial charge in [0.25, 0.3) is 0 Å². The monoisotopic (exact) mass is 233 g/mol. The van der Waals surface area contributed by atoms with Gasteiger partial charge in [0.05, 0.1) is 11.7 Å². The zero-order chi connectivity index (χ0) is 12.4. The van der Waals surface area contributed by atoms with Crippen molar-refractivity contribution in [1.29, 1.82) is 0 Å². The zero-order valence-corrected chi connectivity index (χ0v) is 10.1. The molecule has 0 saturated carbocycles. The summed E-state index contributed by atoms with van der Waals surface area (Å²) in [5.74, 6) is 1.73. The van der Waals surface area contributed by atoms with Gasteiger partial charge in [-0.2, -0.15) is 4.98 Å². The highest BCUT2D eigenvalue weighted by molar-refractivity contribution is 5.38. The quantitative estimate of drug-likeness (QED) is 0.840. The number of rotatable bonds is 3. The maximum atomic E-state index is 5.59. The fraction of sp³-hybridized carbons (Fsp3) is 0.364. The van der Waals surface area contributed by atoms with E-state index in [9.17, 15) is 0 Å². The Kier molecular flexibility index (Phi) is 2.95. The van der Waals surface area contributed by atoms with Gasteiger partial charge in [0.15, 0.2) is 0 Å². The third-order valence-corrected chi connectivity index (χ3v) is 2.54. The van der Waals surface area contributed by atoms with Crippen LogP contribution in [-0.2, 0) is 0 Å². The first-order valence-corrected chi connectivity index (χ1v) is 5.35. The fourth-order valence-electron chi connectivity index (χ4n) is 1.82. The van der Waals surface area contributed by atoms with Crippen molar-refractivity contribution in [1.82, 2.24) is 15.1 Å². The van der Waals surface area contributed by atoms with E-state index < -0.39 is 0 Å². The summed E-state index contributed by atoms with van der Waals surface area (Å²) < 4.78 is 5.12. The van der Waals surface area contributed by atoms with Crippen LogP contribution in [0, 0.1) is 13.8 Å². The van der Waals surface area contributed by atoms with E-state index in [1.165, 1.54) is 0 Å². The first-order chi connectivity index (χ1) is 8.08. The van der Waals surface area contributed by atoms with Crippen molar-refractivity contribution in [2.75, 3.05) is 11.1 Å². The highest BCUT2D eigenvalue weighted by Gasteiger charge is 2.16. The molecule has 6 nitrogen and oxygen atoms in total. The average Bonchev–Trinajstić information content (AvgIpc) is 2.58. The van der Waals surface area contributed by atoms with E-state index in [2.05, 4.69) is 20.4 Å². The molecule has 2 rings (SSSR count). The van der Waals surface area contributed by atoms with Crippen LogP contribution >= 0.6 is 0 Å². The Labute approximate surface area is 99.2 Å². The molecule has 1 atom stereocenters. The number of nitrogens with one attached hydrogen (secondary N) is 1. The van der Waals surface area contributed by atoms with Crippen molar-refractivity contribution in [3.63, 3.8) is 0 Å². The number of nitrogens with two attached hydrogens (primary N) is 1. The van der Waals surface area contributed by atoms with Crippen LogP contribution in [-0.4, -0.2) is 15.1 Å². The molecule has 6 heteroatoms. The van der Waals surface area contributed by atoms with E-state index in [1.54, 1.807) is 12.3 Å². The summed E-state index contributed by atoms with van der Waals surface area (Å²) in [5.41, 5.74) is 7.48. The third kappa shape index (κ3) is 2.35. The third-order valence-electron chi connectivity index (χ3n) is 2.54. The summed E-state index contributed by atoms with van der Waals surface area (Å²) in [6, 6.07) is 1.66. The predicted octanol–water partition coefficient (Wildman–Crippen LogP) is 1.84. The zero-order valence-electron chi connectivity index (χ0n) is 10.1. The highest BCUT2D eigenvalue weighted by Crippen LogP contribution is 2.23. The van der Waals surface area contributed by atoms with E-state index in [4.69, 9.17) is 10.3 Å². The summed E-state index contributed by atoms with van der Waals surface area (Å²) in [4.78, 5) is 8.18. The van der Waals surface area contributed by atoms with Crippen LogP contribution in [0.4, 0.5) is 11.8 Å². The van der Waals surface area contributed by atoms with Gasteiger partial charge in [-0.05, 0) is 26.8 Å². The number of aryl methyl sites for hydroxylation is 2. The number of hydrogen-bond acceptors (Lipinski definition) is 6. The molecule has 2 aromatic rings. The molecule has 0 fully saturated rings. The minimum Gasteiger partial charge on any atom is -0.384 e. The molecule has 0 spiro atoms. The topological polar surface area (TPSA) is 89.9 Å². The molecule has 2 heterocycles. The van der Waals surface area contributed by atoms with Crippen LogP contribution < -0.4 is 11.1 Å². The molecule has 0 aliphatic rings. The van der Waals surface area contributed by atoms with Gasteiger partial charge in [0, 0.05) is 11.8 Å². The molecule has 3 N–H and O–H groups in total. The lowest BCUT2D eigenvalue weighted by Gasteiger charge is -2.13. The molecule has 0 aromatic carbocycles. The molecule has 2 aromatic heterocycles. The summed E-state index contributed by atoms with van der Waals surface area (Å²) in [5, 5.41) is 7.08. The van der Waals surface area contributed by atoms with Gasteiger partial charge >= 0.3 is 0 Å². The van der Waals surface area contributed by atoms with Gasteiger partial charge in [0.1, 0.15) is 11.6 Å². The van der Waals surface area contributed by atoms with Gasteiger partial charge in [-0.25, -0.2) is 4.98 Å². The number of nitrogen functional groups attached to an aromatic ring is 1. The Hall–Kier alpha value is -2.11. The maximum absolute atomic E-state index is 5.59. The van der Waals surface area contributed by atoms with E-state index in [1.807, 2.05) is 20.8 Å². The van der Waals surface area contributed by atoms with E-state index in [0.29, 0.717) is 11.8 Å². The minimum atomic E-state index is 0.0167. The second-order valence-electron chi connectivity index (χ2n) is 3.91. The number of nitrogens with zero attached hydrogens (tertiary/aromatic N) is 3. The number of anilines is 2. The average molecular weight is 233 g/mol. The van der Waals surface area contributed by atoms with Crippen molar-refractivity contribution in [3.8, 4) is 0 Å². The van der Waals surface area contributed by atoms with Gasteiger partial charge in [-0.1, -0.05) is 5.16 Å². The molecule has 0 aliphatic carbocycles. The van der Waals surface area contributed by atoms with Crippen LogP contribution in [0.5, 0.6) is 0 Å². The van der Waals surface area contributed by atoms with Crippen molar-refractivity contribution < 1.29 is 4.52 Å². The smallest absolute Gasteiger partial charge is 0.225 e. The van der Waals surface area contributed by atoms with Crippen molar-refractivity contribution >= 4 is 11.8 Å². The molecule has 1 unspecified atom stereocenters. The van der Waals surface area contributed by atoms with Crippen molar-refractivity contribution in [3.05, 3.63) is 29.3 Å². The first kappa shape index (κ1) is 11.4. The lowest BCUT2D eigenvalue weighted by Crippen LogP contribution is -2.11. The SMILES string of the molecule is Cc1noc(C)c1C(C)Nc1nccc(N)n1. The fourth-order valence-corrected chi connectivity index (χ4v) is 1.82. The first-order valence-electron chi connectivity index (χ1n) is 5.35. The Morgan fingerprint density at radius 2 is 2.18 bits per heavy atom. The van der Waals surface area contributed by atoms with E-state index in [-0.39, 0.29) is 6.04 Å². The van der Waals surface area contributed by atoms with Gasteiger partial charge in [0.2, 0.25) is 5.95 Å². The largest absolute Gasteiger partial charge is 0.384 e. The van der Waals surface area contributed by atoms with Crippen LogP contribution in [0.2, 0.25) is 0 Å². The molecule has 90 valence electrons. The molecule has 0 radical (unpaired) electrons. The van der Waals surface area contributed by atoms with Crippen LogP contribution in [0.25, 0.3) is 0 Å². The summed E-state index contributed by atoms with van der Waals surface area (Å²) in [7, 11) is 0. The standard InChI is InChI=1S/C11H15N5O/c1-6(10-7(2)16-17-8(10)3)14-11-13-5-4-9(12)15-11/h4-6H,1-3H3,(H3,12,13,14,15). The molecular weight excluding hydrogens is 218 g/mol. The van der Waals surface area contributed by atoms with E-state index in [0.717, 1.165) is 17.0 Å². The van der Waals surface area contributed by atoms with Crippen molar-refractivity contribution in [2.45, 2.75) is 26.8 Å². The van der Waals surface area contributed by atoms with Crippen LogP contribution in [0.15, 0.2) is 16.8 Å². The summed E-state index contributed by atoms with van der Waals surface area (Å²) >= 11 is 0. The van der Waals surface area contributed by atoms with Gasteiger partial charge in [-0.15, -0.1) is 0 Å². The Morgan fingerprint density at radius 1 is 1.41 bits per heavy atom. The van der Waals surface area contributed by atoms with Crippen molar-refractivity contribution in [2.24, 2.45) is 0 Å². The normalized spacial score (nSPS) is 12.4. The Balaban J connectivity index is 2.20. The molecule has 0 aliphatic heterocycles. The molecule has 17 heavy (non-hydrogen) atoms. The summed E-state index contributed by atoms with van der Waals surface area (Å²) in [6.07, 6.45) is 1.62. The predicted molar refractivity (Wildman–Crippen MR) is 64.5 cm³/mol. The lowest BCUT2D eigenvalue weighted by atomic mass is 10.1. The molecule has 0 saturated heterocycles. The molecule has 0 bridgehead atoms. The van der Waals surface area contributed by atoms with Gasteiger partial charge < -0.3 is 15.6 Å². The number of hydrogen-bond donors (Lipinski definition) is 2. The second-order valence-corrected chi connectivity index (χ2v) is 3.91. The Bertz CT molecular complexity index is 503. The second kappa shape index (κ2) is 4.40. The van der Waals surface area contributed by atoms with Gasteiger partial charge in [-0.3, -0.25) is 0 Å². The molecule has 0 amide bonds.